The summed E-state index contributed by atoms with van der Waals surface area (Å²) >= 11 is 0. The van der Waals surface area contributed by atoms with Crippen molar-refractivity contribution in [1.82, 2.24) is 9.80 Å². The Labute approximate surface area is 211 Å². The first-order valence-corrected chi connectivity index (χ1v) is 12.5. The zero-order valence-electron chi connectivity index (χ0n) is 20.6. The van der Waals surface area contributed by atoms with Gasteiger partial charge in [-0.05, 0) is 55.3 Å². The van der Waals surface area contributed by atoms with Crippen LogP contribution in [0.25, 0.3) is 0 Å². The summed E-state index contributed by atoms with van der Waals surface area (Å²) in [6.45, 7) is 6.29. The number of halogens is 1. The van der Waals surface area contributed by atoms with Crippen LogP contribution in [0.1, 0.15) is 27.9 Å². The Balaban J connectivity index is 1.21. The van der Waals surface area contributed by atoms with Crippen LogP contribution in [-0.4, -0.2) is 61.0 Å². The van der Waals surface area contributed by atoms with Crippen LogP contribution in [0.4, 0.5) is 20.6 Å². The second-order valence-corrected chi connectivity index (χ2v) is 9.48. The van der Waals surface area contributed by atoms with Gasteiger partial charge in [-0.2, -0.15) is 0 Å². The Hall–Kier alpha value is -3.87. The maximum Gasteiger partial charge on any atom is 0.324 e. The number of rotatable bonds is 5. The summed E-state index contributed by atoms with van der Waals surface area (Å²) in [6, 6.07) is 22.3. The molecule has 36 heavy (non-hydrogen) atoms. The van der Waals surface area contributed by atoms with Crippen molar-refractivity contribution in [2.45, 2.75) is 19.9 Å². The number of anilines is 2. The van der Waals surface area contributed by atoms with Crippen LogP contribution in [0.3, 0.4) is 0 Å². The van der Waals surface area contributed by atoms with Crippen molar-refractivity contribution in [3.8, 4) is 0 Å². The van der Waals surface area contributed by atoms with E-state index < -0.39 is 0 Å². The largest absolute Gasteiger partial charge is 0.366 e. The third-order valence-electron chi connectivity index (χ3n) is 6.95. The number of carbonyl (C=O) groups is 2. The molecule has 5 rings (SSSR count). The van der Waals surface area contributed by atoms with E-state index >= 15 is 0 Å². The monoisotopic (exact) mass is 486 g/mol. The van der Waals surface area contributed by atoms with Crippen LogP contribution in [0.2, 0.25) is 0 Å². The van der Waals surface area contributed by atoms with E-state index in [9.17, 15) is 14.0 Å². The minimum atomic E-state index is -0.238. The Morgan fingerprint density at radius 1 is 0.861 bits per heavy atom. The Morgan fingerprint density at radius 3 is 2.33 bits per heavy atom. The molecule has 6 nitrogen and oxygen atoms in total. The third-order valence-corrected chi connectivity index (χ3v) is 6.95. The quantitative estimate of drug-likeness (QED) is 0.514. The highest BCUT2D eigenvalue weighted by molar-refractivity contribution is 5.96. The first-order valence-electron chi connectivity index (χ1n) is 12.5. The van der Waals surface area contributed by atoms with Crippen molar-refractivity contribution >= 4 is 23.3 Å². The first kappa shape index (κ1) is 23.9. The zero-order valence-corrected chi connectivity index (χ0v) is 20.6. The van der Waals surface area contributed by atoms with Gasteiger partial charge in [0.25, 0.3) is 5.91 Å². The molecule has 2 fully saturated rings. The van der Waals surface area contributed by atoms with Crippen molar-refractivity contribution in [3.05, 3.63) is 95.3 Å². The van der Waals surface area contributed by atoms with Crippen molar-refractivity contribution < 1.29 is 14.0 Å². The summed E-state index contributed by atoms with van der Waals surface area (Å²) in [7, 11) is 0. The van der Waals surface area contributed by atoms with E-state index in [0.717, 1.165) is 24.2 Å². The lowest BCUT2D eigenvalue weighted by atomic mass is 10.1. The molecule has 7 heteroatoms. The van der Waals surface area contributed by atoms with E-state index in [2.05, 4.69) is 25.1 Å². The van der Waals surface area contributed by atoms with Crippen LogP contribution in [-0.2, 0) is 6.54 Å². The molecule has 0 radical (unpaired) electrons. The van der Waals surface area contributed by atoms with Gasteiger partial charge in [0.05, 0.1) is 5.69 Å². The fraction of sp³-hybridized carbons (Fsp3) is 0.310. The predicted octanol–water partition coefficient (Wildman–Crippen LogP) is 4.93. The summed E-state index contributed by atoms with van der Waals surface area (Å²) in [5.74, 6) is -0.279. The number of nitrogens with zero attached hydrogens (tertiary/aromatic N) is 4. The Kier molecular flexibility index (Phi) is 6.89. The zero-order chi connectivity index (χ0) is 25.1. The molecule has 186 valence electrons. The van der Waals surface area contributed by atoms with Crippen molar-refractivity contribution in [2.24, 2.45) is 0 Å². The van der Waals surface area contributed by atoms with E-state index in [1.165, 1.54) is 11.6 Å². The molecule has 2 aliphatic rings. The summed E-state index contributed by atoms with van der Waals surface area (Å²) in [5.41, 5.74) is 4.29. The van der Waals surface area contributed by atoms with Gasteiger partial charge in [-0.3, -0.25) is 9.69 Å². The number of amides is 3. The summed E-state index contributed by atoms with van der Waals surface area (Å²) in [4.78, 5) is 33.7. The van der Waals surface area contributed by atoms with Crippen LogP contribution >= 0.6 is 0 Å². The van der Waals surface area contributed by atoms with Gasteiger partial charge in [-0.15, -0.1) is 0 Å². The minimum Gasteiger partial charge on any atom is -0.366 e. The number of urea groups is 1. The Bertz CT molecular complexity index is 1240. The van der Waals surface area contributed by atoms with E-state index in [4.69, 9.17) is 0 Å². The third kappa shape index (κ3) is 5.05. The Morgan fingerprint density at radius 2 is 1.61 bits per heavy atom. The topological polar surface area (TPSA) is 47.1 Å². The number of piperazine rings is 1. The van der Waals surface area contributed by atoms with Gasteiger partial charge in [0.2, 0.25) is 0 Å². The van der Waals surface area contributed by atoms with Gasteiger partial charge in [0.15, 0.2) is 0 Å². The lowest BCUT2D eigenvalue weighted by Gasteiger charge is -2.36. The molecular weight excluding hydrogens is 455 g/mol. The SMILES string of the molecule is Cc1cccc(CN2CCCN(c3ccc(C(=O)N4CCN(c5ccccc5F)CC4)cc3)C2=O)c1. The fourth-order valence-electron chi connectivity index (χ4n) is 5.02. The lowest BCUT2D eigenvalue weighted by molar-refractivity contribution is 0.0746. The van der Waals surface area contributed by atoms with E-state index in [1.807, 2.05) is 39.0 Å². The minimum absolute atomic E-state index is 0.00824. The van der Waals surface area contributed by atoms with Gasteiger partial charge >= 0.3 is 6.03 Å². The number of aryl methyl sites for hydroxylation is 1. The average Bonchev–Trinajstić information content (AvgIpc) is 2.90. The van der Waals surface area contributed by atoms with Crippen molar-refractivity contribution in [1.29, 1.82) is 0 Å². The van der Waals surface area contributed by atoms with Crippen molar-refractivity contribution in [2.75, 3.05) is 49.1 Å². The molecule has 3 aromatic carbocycles. The number of benzene rings is 3. The number of hydrogen-bond donors (Lipinski definition) is 0. The smallest absolute Gasteiger partial charge is 0.324 e. The second kappa shape index (κ2) is 10.4. The maximum atomic E-state index is 14.1. The maximum absolute atomic E-state index is 14.1. The van der Waals surface area contributed by atoms with Gasteiger partial charge in [-0.1, -0.05) is 42.0 Å². The first-order chi connectivity index (χ1) is 17.5. The molecule has 0 aromatic heterocycles. The highest BCUT2D eigenvalue weighted by Gasteiger charge is 2.28. The number of hydrogen-bond acceptors (Lipinski definition) is 3. The average molecular weight is 487 g/mol. The summed E-state index contributed by atoms with van der Waals surface area (Å²) < 4.78 is 14.1. The normalized spacial score (nSPS) is 16.4. The van der Waals surface area contributed by atoms with E-state index in [-0.39, 0.29) is 17.8 Å². The molecule has 2 aliphatic heterocycles. The predicted molar refractivity (Wildman–Crippen MR) is 140 cm³/mol. The van der Waals surface area contributed by atoms with E-state index in [1.54, 1.807) is 29.2 Å². The van der Waals surface area contributed by atoms with Gasteiger partial charge < -0.3 is 14.7 Å². The highest BCUT2D eigenvalue weighted by Crippen LogP contribution is 2.24. The number of carbonyl (C=O) groups excluding carboxylic acids is 2. The molecular formula is C29H31FN4O2. The van der Waals surface area contributed by atoms with Crippen LogP contribution in [0.5, 0.6) is 0 Å². The molecule has 0 bridgehead atoms. The van der Waals surface area contributed by atoms with Gasteiger partial charge in [0.1, 0.15) is 5.82 Å². The molecule has 3 amide bonds. The fourth-order valence-corrected chi connectivity index (χ4v) is 5.02. The standard InChI is InChI=1S/C29H31FN4O2/c1-22-6-4-7-23(20-22)21-33-14-5-15-34(29(33)36)25-12-10-24(11-13-25)28(35)32-18-16-31(17-19-32)27-9-3-2-8-26(27)30/h2-4,6-13,20H,5,14-19,21H2,1H3. The van der Waals surface area contributed by atoms with Crippen LogP contribution in [0.15, 0.2) is 72.8 Å². The van der Waals surface area contributed by atoms with Crippen molar-refractivity contribution in [3.63, 3.8) is 0 Å². The molecule has 0 saturated carbocycles. The summed E-state index contributed by atoms with van der Waals surface area (Å²) in [5, 5.41) is 0. The number of para-hydroxylation sites is 1. The molecule has 0 atom stereocenters. The molecule has 2 heterocycles. The van der Waals surface area contributed by atoms with Gasteiger partial charge in [0, 0.05) is 57.1 Å². The van der Waals surface area contributed by atoms with Gasteiger partial charge in [-0.25, -0.2) is 9.18 Å². The second-order valence-electron chi connectivity index (χ2n) is 9.48. The lowest BCUT2D eigenvalue weighted by Crippen LogP contribution is -2.49. The molecule has 2 saturated heterocycles. The van der Waals surface area contributed by atoms with E-state index in [0.29, 0.717) is 50.5 Å². The van der Waals surface area contributed by atoms with Crippen LogP contribution in [0, 0.1) is 12.7 Å². The highest BCUT2D eigenvalue weighted by atomic mass is 19.1. The molecule has 0 unspecified atom stereocenters. The molecule has 0 N–H and O–H groups in total. The summed E-state index contributed by atoms with van der Waals surface area (Å²) in [6.07, 6.45) is 0.893. The molecule has 0 spiro atoms. The molecule has 0 aliphatic carbocycles. The van der Waals surface area contributed by atoms with Crippen LogP contribution < -0.4 is 9.80 Å². The molecule has 3 aromatic rings.